The van der Waals surface area contributed by atoms with E-state index in [2.05, 4.69) is 0 Å². The molecule has 0 aromatic heterocycles. The lowest BCUT2D eigenvalue weighted by Crippen LogP contribution is -1.98. The van der Waals surface area contributed by atoms with Gasteiger partial charge in [0.05, 0.1) is 13.2 Å². The average Bonchev–Trinajstić information content (AvgIpc) is 2.70. The van der Waals surface area contributed by atoms with Gasteiger partial charge in [-0.3, -0.25) is 0 Å². The SMILES string of the molecule is CSc1ccc(C2OCCO2)c(Cl)c1. The molecule has 1 aromatic rings. The van der Waals surface area contributed by atoms with Crippen molar-refractivity contribution in [2.75, 3.05) is 19.5 Å². The van der Waals surface area contributed by atoms with Crippen LogP contribution in [0.5, 0.6) is 0 Å². The van der Waals surface area contributed by atoms with Gasteiger partial charge in [0.2, 0.25) is 0 Å². The summed E-state index contributed by atoms with van der Waals surface area (Å²) in [6.07, 6.45) is 1.74. The van der Waals surface area contributed by atoms with E-state index in [9.17, 15) is 0 Å². The number of thioether (sulfide) groups is 1. The topological polar surface area (TPSA) is 18.5 Å². The molecule has 76 valence electrons. The minimum atomic E-state index is -0.279. The number of hydrogen-bond acceptors (Lipinski definition) is 3. The third kappa shape index (κ3) is 2.06. The molecule has 2 rings (SSSR count). The molecule has 1 aromatic carbocycles. The summed E-state index contributed by atoms with van der Waals surface area (Å²) in [6, 6.07) is 5.92. The highest BCUT2D eigenvalue weighted by molar-refractivity contribution is 7.98. The van der Waals surface area contributed by atoms with E-state index in [4.69, 9.17) is 21.1 Å². The Morgan fingerprint density at radius 1 is 1.36 bits per heavy atom. The highest BCUT2D eigenvalue weighted by Gasteiger charge is 2.20. The maximum absolute atomic E-state index is 6.11. The molecule has 0 unspecified atom stereocenters. The first-order valence-corrected chi connectivity index (χ1v) is 5.98. The molecule has 0 bridgehead atoms. The van der Waals surface area contributed by atoms with Gasteiger partial charge in [0.25, 0.3) is 0 Å². The Morgan fingerprint density at radius 2 is 2.07 bits per heavy atom. The van der Waals surface area contributed by atoms with E-state index in [-0.39, 0.29) is 6.29 Å². The first-order valence-electron chi connectivity index (χ1n) is 4.38. The Kier molecular flexibility index (Phi) is 3.34. The Labute approximate surface area is 92.5 Å². The zero-order chi connectivity index (χ0) is 9.97. The molecule has 2 nitrogen and oxygen atoms in total. The lowest BCUT2D eigenvalue weighted by molar-refractivity contribution is -0.0440. The standard InChI is InChI=1S/C10H11ClO2S/c1-14-7-2-3-8(9(11)6-7)10-12-4-5-13-10/h2-3,6,10H,4-5H2,1H3. The zero-order valence-corrected chi connectivity index (χ0v) is 9.40. The number of rotatable bonds is 2. The van der Waals surface area contributed by atoms with Crippen molar-refractivity contribution in [2.45, 2.75) is 11.2 Å². The van der Waals surface area contributed by atoms with E-state index >= 15 is 0 Å². The van der Waals surface area contributed by atoms with Crippen LogP contribution in [0.4, 0.5) is 0 Å². The molecule has 0 radical (unpaired) electrons. The minimum Gasteiger partial charge on any atom is -0.346 e. The normalized spacial score (nSPS) is 17.6. The van der Waals surface area contributed by atoms with Crippen molar-refractivity contribution in [3.63, 3.8) is 0 Å². The van der Waals surface area contributed by atoms with Gasteiger partial charge in [-0.25, -0.2) is 0 Å². The smallest absolute Gasteiger partial charge is 0.185 e. The van der Waals surface area contributed by atoms with Crippen molar-refractivity contribution in [3.05, 3.63) is 28.8 Å². The minimum absolute atomic E-state index is 0.279. The molecule has 0 atom stereocenters. The summed E-state index contributed by atoms with van der Waals surface area (Å²) in [6.45, 7) is 1.29. The monoisotopic (exact) mass is 230 g/mol. The summed E-state index contributed by atoms with van der Waals surface area (Å²) in [4.78, 5) is 1.15. The van der Waals surface area contributed by atoms with Crippen LogP contribution in [0.25, 0.3) is 0 Å². The highest BCUT2D eigenvalue weighted by Crippen LogP contribution is 2.31. The molecule has 0 spiro atoms. The van der Waals surface area contributed by atoms with Gasteiger partial charge in [0.1, 0.15) is 0 Å². The van der Waals surface area contributed by atoms with Gasteiger partial charge >= 0.3 is 0 Å². The summed E-state index contributed by atoms with van der Waals surface area (Å²) in [5.41, 5.74) is 0.918. The number of hydrogen-bond donors (Lipinski definition) is 0. The fourth-order valence-corrected chi connectivity index (χ4v) is 2.14. The van der Waals surface area contributed by atoms with E-state index in [1.807, 2.05) is 24.5 Å². The number of benzene rings is 1. The summed E-state index contributed by atoms with van der Waals surface area (Å²) < 4.78 is 10.8. The van der Waals surface area contributed by atoms with Gasteiger partial charge in [0.15, 0.2) is 6.29 Å². The van der Waals surface area contributed by atoms with E-state index in [1.165, 1.54) is 0 Å². The second-order valence-electron chi connectivity index (χ2n) is 2.96. The van der Waals surface area contributed by atoms with Gasteiger partial charge in [0, 0.05) is 15.5 Å². The third-order valence-corrected chi connectivity index (χ3v) is 3.14. The molecule has 0 amide bonds. The van der Waals surface area contributed by atoms with Crippen molar-refractivity contribution in [3.8, 4) is 0 Å². The zero-order valence-electron chi connectivity index (χ0n) is 7.83. The Bertz CT molecular complexity index is 324. The van der Waals surface area contributed by atoms with E-state index in [0.29, 0.717) is 18.2 Å². The van der Waals surface area contributed by atoms with E-state index < -0.39 is 0 Å². The van der Waals surface area contributed by atoms with Crippen LogP contribution in [0.3, 0.4) is 0 Å². The molecule has 0 saturated carbocycles. The van der Waals surface area contributed by atoms with Crippen LogP contribution >= 0.6 is 23.4 Å². The van der Waals surface area contributed by atoms with Gasteiger partial charge < -0.3 is 9.47 Å². The van der Waals surface area contributed by atoms with E-state index in [1.54, 1.807) is 11.8 Å². The summed E-state index contributed by atoms with van der Waals surface area (Å²) >= 11 is 7.78. The molecule has 14 heavy (non-hydrogen) atoms. The average molecular weight is 231 g/mol. The van der Waals surface area contributed by atoms with Crippen LogP contribution in [0.1, 0.15) is 11.9 Å². The van der Waals surface area contributed by atoms with Gasteiger partial charge in [-0.05, 0) is 18.4 Å². The number of ether oxygens (including phenoxy) is 2. The van der Waals surface area contributed by atoms with Crippen molar-refractivity contribution in [2.24, 2.45) is 0 Å². The van der Waals surface area contributed by atoms with Crippen LogP contribution in [0.2, 0.25) is 5.02 Å². The first kappa shape index (κ1) is 10.3. The van der Waals surface area contributed by atoms with Crippen LogP contribution < -0.4 is 0 Å². The predicted molar refractivity (Wildman–Crippen MR) is 57.9 cm³/mol. The van der Waals surface area contributed by atoms with Crippen LogP contribution in [-0.4, -0.2) is 19.5 Å². The molecule has 4 heteroatoms. The molecular formula is C10H11ClO2S. The Morgan fingerprint density at radius 3 is 2.64 bits per heavy atom. The molecule has 1 aliphatic rings. The fourth-order valence-electron chi connectivity index (χ4n) is 1.36. The Balaban J connectivity index is 2.25. The molecule has 1 heterocycles. The Hall–Kier alpha value is -0.220. The lowest BCUT2D eigenvalue weighted by atomic mass is 10.2. The summed E-state index contributed by atoms with van der Waals surface area (Å²) in [5, 5.41) is 0.712. The first-order chi connectivity index (χ1) is 6.81. The summed E-state index contributed by atoms with van der Waals surface area (Å²) in [7, 11) is 0. The largest absolute Gasteiger partial charge is 0.346 e. The van der Waals surface area contributed by atoms with Gasteiger partial charge in [-0.15, -0.1) is 11.8 Å². The molecule has 1 aliphatic heterocycles. The van der Waals surface area contributed by atoms with Crippen LogP contribution in [0.15, 0.2) is 23.1 Å². The fraction of sp³-hybridized carbons (Fsp3) is 0.400. The second kappa shape index (κ2) is 4.53. The summed E-state index contributed by atoms with van der Waals surface area (Å²) in [5.74, 6) is 0. The van der Waals surface area contributed by atoms with Crippen molar-refractivity contribution < 1.29 is 9.47 Å². The molecule has 0 N–H and O–H groups in total. The molecular weight excluding hydrogens is 220 g/mol. The van der Waals surface area contributed by atoms with Crippen molar-refractivity contribution in [1.29, 1.82) is 0 Å². The number of halogens is 1. The highest BCUT2D eigenvalue weighted by atomic mass is 35.5. The second-order valence-corrected chi connectivity index (χ2v) is 4.25. The van der Waals surface area contributed by atoms with Crippen LogP contribution in [0, 0.1) is 0 Å². The van der Waals surface area contributed by atoms with Crippen molar-refractivity contribution in [1.82, 2.24) is 0 Å². The van der Waals surface area contributed by atoms with E-state index in [0.717, 1.165) is 10.5 Å². The molecule has 1 fully saturated rings. The van der Waals surface area contributed by atoms with Crippen LogP contribution in [-0.2, 0) is 9.47 Å². The third-order valence-electron chi connectivity index (χ3n) is 2.08. The lowest BCUT2D eigenvalue weighted by Gasteiger charge is -2.11. The molecule has 1 saturated heterocycles. The molecule has 0 aliphatic carbocycles. The maximum Gasteiger partial charge on any atom is 0.185 e. The van der Waals surface area contributed by atoms with Gasteiger partial charge in [-0.1, -0.05) is 17.7 Å². The predicted octanol–water partition coefficient (Wildman–Crippen LogP) is 3.11. The quantitative estimate of drug-likeness (QED) is 0.728. The van der Waals surface area contributed by atoms with Crippen molar-refractivity contribution >= 4 is 23.4 Å². The maximum atomic E-state index is 6.11. The van der Waals surface area contributed by atoms with Gasteiger partial charge in [-0.2, -0.15) is 0 Å².